The molecule has 0 fully saturated rings. The minimum absolute atomic E-state index is 0.0348. The van der Waals surface area contributed by atoms with Crippen molar-refractivity contribution in [3.8, 4) is 28.3 Å². The quantitative estimate of drug-likeness (QED) is 0.396. The molecule has 2 aromatic heterocycles. The number of carbonyl (C=O) groups is 1. The molecular formula is C27H25FN4O3. The van der Waals surface area contributed by atoms with Crippen molar-refractivity contribution in [2.45, 2.75) is 19.9 Å². The highest BCUT2D eigenvalue weighted by atomic mass is 19.1. The van der Waals surface area contributed by atoms with Gasteiger partial charge in [0.15, 0.2) is 11.6 Å². The summed E-state index contributed by atoms with van der Waals surface area (Å²) in [4.78, 5) is 19.3. The van der Waals surface area contributed by atoms with Crippen LogP contribution in [0.3, 0.4) is 0 Å². The van der Waals surface area contributed by atoms with Crippen molar-refractivity contribution in [2.75, 3.05) is 20.2 Å². The number of halogens is 1. The summed E-state index contributed by atoms with van der Waals surface area (Å²) in [6.07, 6.45) is 4.37. The number of rotatable bonds is 6. The van der Waals surface area contributed by atoms with Crippen LogP contribution in [0.25, 0.3) is 28.1 Å². The number of carbonyl (C=O) groups excluding carboxylic acids is 1. The average molecular weight is 473 g/mol. The van der Waals surface area contributed by atoms with E-state index in [9.17, 15) is 9.18 Å². The van der Waals surface area contributed by atoms with Crippen molar-refractivity contribution in [2.24, 2.45) is 0 Å². The molecule has 0 radical (unpaired) electrons. The monoisotopic (exact) mass is 472 g/mol. The summed E-state index contributed by atoms with van der Waals surface area (Å²) in [6.45, 7) is 3.01. The van der Waals surface area contributed by atoms with E-state index in [1.165, 1.54) is 13.2 Å². The molecule has 8 heteroatoms. The fraction of sp³-hybridized carbons (Fsp3) is 0.222. The van der Waals surface area contributed by atoms with Gasteiger partial charge in [-0.25, -0.2) is 9.37 Å². The van der Waals surface area contributed by atoms with Gasteiger partial charge < -0.3 is 14.1 Å². The second-order valence-corrected chi connectivity index (χ2v) is 8.38. The number of amides is 1. The van der Waals surface area contributed by atoms with Crippen LogP contribution >= 0.6 is 0 Å². The van der Waals surface area contributed by atoms with Crippen molar-refractivity contribution in [3.05, 3.63) is 84.3 Å². The Morgan fingerprint density at radius 2 is 1.97 bits per heavy atom. The van der Waals surface area contributed by atoms with Crippen LogP contribution in [0, 0.1) is 12.7 Å². The molecule has 0 unspecified atom stereocenters. The number of hydrogen-bond acceptors (Lipinski definition) is 5. The SMILES string of the molecule is COc1cc(-c2cc(-c3ccccc3)n(CC(=O)N3CC=C(c4ncc(C)o4)CC3)n2)ccc1F. The second kappa shape index (κ2) is 9.58. The molecule has 4 aromatic rings. The zero-order valence-corrected chi connectivity index (χ0v) is 19.6. The van der Waals surface area contributed by atoms with Gasteiger partial charge in [0.25, 0.3) is 0 Å². The lowest BCUT2D eigenvalue weighted by molar-refractivity contribution is -0.131. The second-order valence-electron chi connectivity index (χ2n) is 8.38. The van der Waals surface area contributed by atoms with E-state index in [2.05, 4.69) is 4.98 Å². The molecule has 0 N–H and O–H groups in total. The fourth-order valence-electron chi connectivity index (χ4n) is 4.16. The van der Waals surface area contributed by atoms with Crippen LogP contribution in [-0.2, 0) is 11.3 Å². The molecule has 0 atom stereocenters. The average Bonchev–Trinajstić information content (AvgIpc) is 3.51. The molecular weight excluding hydrogens is 447 g/mol. The van der Waals surface area contributed by atoms with Crippen LogP contribution in [-0.4, -0.2) is 45.8 Å². The fourth-order valence-corrected chi connectivity index (χ4v) is 4.16. The summed E-state index contributed by atoms with van der Waals surface area (Å²) in [5.74, 6) is 1.05. The highest BCUT2D eigenvalue weighted by Gasteiger charge is 2.22. The Morgan fingerprint density at radius 1 is 1.14 bits per heavy atom. The molecule has 0 saturated heterocycles. The van der Waals surface area contributed by atoms with Crippen LogP contribution in [0.5, 0.6) is 5.75 Å². The first-order valence-corrected chi connectivity index (χ1v) is 11.4. The Hall–Kier alpha value is -4.20. The Bertz CT molecular complexity index is 1390. The van der Waals surface area contributed by atoms with E-state index in [1.54, 1.807) is 27.9 Å². The molecule has 3 heterocycles. The predicted molar refractivity (Wildman–Crippen MR) is 130 cm³/mol. The van der Waals surface area contributed by atoms with Crippen molar-refractivity contribution >= 4 is 11.5 Å². The molecule has 0 bridgehead atoms. The lowest BCUT2D eigenvalue weighted by Crippen LogP contribution is -2.37. The van der Waals surface area contributed by atoms with Crippen LogP contribution < -0.4 is 4.74 Å². The summed E-state index contributed by atoms with van der Waals surface area (Å²) in [6, 6.07) is 16.3. The van der Waals surface area contributed by atoms with Gasteiger partial charge in [-0.15, -0.1) is 0 Å². The number of methoxy groups -OCH3 is 1. The minimum atomic E-state index is -0.438. The number of nitrogens with zero attached hydrogens (tertiary/aromatic N) is 4. The van der Waals surface area contributed by atoms with Crippen LogP contribution in [0.2, 0.25) is 0 Å². The van der Waals surface area contributed by atoms with Gasteiger partial charge in [-0.3, -0.25) is 9.48 Å². The Morgan fingerprint density at radius 3 is 2.66 bits per heavy atom. The van der Waals surface area contributed by atoms with Gasteiger partial charge in [-0.05, 0) is 43.2 Å². The Labute approximate surface area is 202 Å². The van der Waals surface area contributed by atoms with Gasteiger partial charge in [-0.1, -0.05) is 36.4 Å². The number of oxazole rings is 1. The first-order chi connectivity index (χ1) is 17.0. The molecule has 1 aliphatic heterocycles. The summed E-state index contributed by atoms with van der Waals surface area (Å²) < 4.78 is 26.4. The molecule has 0 saturated carbocycles. The van der Waals surface area contributed by atoms with Gasteiger partial charge in [0.05, 0.1) is 24.7 Å². The van der Waals surface area contributed by atoms with Crippen molar-refractivity contribution in [3.63, 3.8) is 0 Å². The van der Waals surface area contributed by atoms with E-state index in [4.69, 9.17) is 14.3 Å². The maximum absolute atomic E-state index is 13.9. The lowest BCUT2D eigenvalue weighted by atomic mass is 10.1. The van der Waals surface area contributed by atoms with Crippen LogP contribution in [0.15, 0.2) is 71.3 Å². The first-order valence-electron chi connectivity index (χ1n) is 11.4. The number of aryl methyl sites for hydroxylation is 1. The molecule has 1 aliphatic rings. The minimum Gasteiger partial charge on any atom is -0.494 e. The molecule has 0 spiro atoms. The lowest BCUT2D eigenvalue weighted by Gasteiger charge is -2.26. The zero-order valence-electron chi connectivity index (χ0n) is 19.6. The topological polar surface area (TPSA) is 73.4 Å². The summed E-state index contributed by atoms with van der Waals surface area (Å²) in [7, 11) is 1.43. The normalized spacial score (nSPS) is 13.6. The molecule has 35 heavy (non-hydrogen) atoms. The van der Waals surface area contributed by atoms with E-state index >= 15 is 0 Å². The van der Waals surface area contributed by atoms with Gasteiger partial charge >= 0.3 is 0 Å². The third-order valence-electron chi connectivity index (χ3n) is 6.04. The van der Waals surface area contributed by atoms with Crippen molar-refractivity contribution < 1.29 is 18.3 Å². The van der Waals surface area contributed by atoms with Gasteiger partial charge in [-0.2, -0.15) is 5.10 Å². The van der Waals surface area contributed by atoms with Crippen LogP contribution in [0.1, 0.15) is 18.1 Å². The third kappa shape index (κ3) is 4.73. The van der Waals surface area contributed by atoms with E-state index < -0.39 is 5.82 Å². The molecule has 7 nitrogen and oxygen atoms in total. The molecule has 2 aromatic carbocycles. The Balaban J connectivity index is 1.41. The smallest absolute Gasteiger partial charge is 0.244 e. The highest BCUT2D eigenvalue weighted by Crippen LogP contribution is 2.30. The highest BCUT2D eigenvalue weighted by molar-refractivity contribution is 5.79. The largest absolute Gasteiger partial charge is 0.494 e. The van der Waals surface area contributed by atoms with E-state index in [0.717, 1.165) is 22.6 Å². The van der Waals surface area contributed by atoms with E-state index in [0.29, 0.717) is 36.7 Å². The van der Waals surface area contributed by atoms with E-state index in [1.807, 2.05) is 49.4 Å². The molecule has 5 rings (SSSR count). The number of benzene rings is 2. The maximum Gasteiger partial charge on any atom is 0.244 e. The zero-order chi connectivity index (χ0) is 24.4. The van der Waals surface area contributed by atoms with Gasteiger partial charge in [0, 0.05) is 24.2 Å². The summed E-state index contributed by atoms with van der Waals surface area (Å²) in [5, 5.41) is 4.71. The summed E-state index contributed by atoms with van der Waals surface area (Å²) >= 11 is 0. The molecule has 178 valence electrons. The predicted octanol–water partition coefficient (Wildman–Crippen LogP) is 4.98. The van der Waals surface area contributed by atoms with E-state index in [-0.39, 0.29) is 18.2 Å². The molecule has 0 aliphatic carbocycles. The number of ether oxygens (including phenoxy) is 1. The Kier molecular flexibility index (Phi) is 6.18. The number of hydrogen-bond donors (Lipinski definition) is 0. The third-order valence-corrected chi connectivity index (χ3v) is 6.04. The standard InChI is InChI=1S/C27H25FN4O3/c1-18-16-29-27(35-18)20-10-12-31(13-11-20)26(33)17-32-24(19-6-4-3-5-7-19)15-23(30-32)21-8-9-22(28)25(14-21)34-2/h3-10,14-16H,11-13,17H2,1-2H3. The van der Waals surface area contributed by atoms with Crippen molar-refractivity contribution in [1.82, 2.24) is 19.7 Å². The molecule has 1 amide bonds. The number of aromatic nitrogens is 3. The van der Waals surface area contributed by atoms with Crippen molar-refractivity contribution in [1.29, 1.82) is 0 Å². The van der Waals surface area contributed by atoms with Gasteiger partial charge in [0.1, 0.15) is 12.3 Å². The van der Waals surface area contributed by atoms with Gasteiger partial charge in [0.2, 0.25) is 11.8 Å². The van der Waals surface area contributed by atoms with Crippen LogP contribution in [0.4, 0.5) is 4.39 Å². The first kappa shape index (κ1) is 22.6. The summed E-state index contributed by atoms with van der Waals surface area (Å²) in [5.41, 5.74) is 4.10. The maximum atomic E-state index is 13.9.